The van der Waals surface area contributed by atoms with Crippen LogP contribution in [-0.4, -0.2) is 30.3 Å². The van der Waals surface area contributed by atoms with Gasteiger partial charge in [-0.3, -0.25) is 4.79 Å². The summed E-state index contributed by atoms with van der Waals surface area (Å²) in [6, 6.07) is -1.60. The normalized spacial score (nSPS) is 25.9. The number of carbonyl (C=O) groups excluding carboxylic acids is 1. The highest BCUT2D eigenvalue weighted by molar-refractivity contribution is 5.70. The molecular weight excluding hydrogens is 247 g/mol. The first-order valence-electron chi connectivity index (χ1n) is 6.11. The number of hydrogen-bond acceptors (Lipinski definition) is 3. The van der Waals surface area contributed by atoms with E-state index in [1.807, 2.05) is 0 Å². The number of ether oxygens (including phenoxy) is 1. The molecule has 1 fully saturated rings. The summed E-state index contributed by atoms with van der Waals surface area (Å²) in [6.07, 6.45) is -3.45. The van der Waals surface area contributed by atoms with Crippen molar-refractivity contribution in [3.8, 4) is 0 Å². The SMILES string of the molecule is CC(C)(C)OC(=O)CC1CCCNC1C(F)(F)F. The number of halogens is 3. The molecule has 0 saturated carbocycles. The highest BCUT2D eigenvalue weighted by Gasteiger charge is 2.46. The standard InChI is InChI=1S/C12H20F3NO2/c1-11(2,3)18-9(17)7-8-5-4-6-16-10(8)12(13,14)15/h8,10,16H,4-7H2,1-3H3. The van der Waals surface area contributed by atoms with Gasteiger partial charge in [0, 0.05) is 0 Å². The Labute approximate surface area is 105 Å². The van der Waals surface area contributed by atoms with Gasteiger partial charge in [-0.25, -0.2) is 0 Å². The lowest BCUT2D eigenvalue weighted by molar-refractivity contribution is -0.178. The average molecular weight is 267 g/mol. The zero-order valence-electron chi connectivity index (χ0n) is 10.9. The van der Waals surface area contributed by atoms with Crippen LogP contribution in [-0.2, 0) is 9.53 Å². The molecule has 1 rings (SSSR count). The van der Waals surface area contributed by atoms with Crippen LogP contribution in [0.5, 0.6) is 0 Å². The number of nitrogens with one attached hydrogen (secondary N) is 1. The zero-order valence-corrected chi connectivity index (χ0v) is 10.9. The molecule has 6 heteroatoms. The average Bonchev–Trinajstić information content (AvgIpc) is 2.13. The Hall–Kier alpha value is -0.780. The van der Waals surface area contributed by atoms with E-state index in [0.29, 0.717) is 19.4 Å². The summed E-state index contributed by atoms with van der Waals surface area (Å²) in [4.78, 5) is 11.6. The van der Waals surface area contributed by atoms with Crippen molar-refractivity contribution in [1.29, 1.82) is 0 Å². The quantitative estimate of drug-likeness (QED) is 0.782. The summed E-state index contributed by atoms with van der Waals surface area (Å²) in [7, 11) is 0. The summed E-state index contributed by atoms with van der Waals surface area (Å²) in [5, 5.41) is 2.44. The van der Waals surface area contributed by atoms with Gasteiger partial charge in [-0.1, -0.05) is 0 Å². The van der Waals surface area contributed by atoms with Crippen molar-refractivity contribution in [2.24, 2.45) is 5.92 Å². The lowest BCUT2D eigenvalue weighted by atomic mass is 9.87. The fraction of sp³-hybridized carbons (Fsp3) is 0.917. The minimum Gasteiger partial charge on any atom is -0.460 e. The van der Waals surface area contributed by atoms with E-state index in [0.717, 1.165) is 0 Å². The van der Waals surface area contributed by atoms with E-state index in [1.165, 1.54) is 0 Å². The first kappa shape index (κ1) is 15.3. The Morgan fingerprint density at radius 2 is 1.94 bits per heavy atom. The monoisotopic (exact) mass is 267 g/mol. The van der Waals surface area contributed by atoms with Crippen LogP contribution in [0.2, 0.25) is 0 Å². The smallest absolute Gasteiger partial charge is 0.404 e. The van der Waals surface area contributed by atoms with Gasteiger partial charge in [0.15, 0.2) is 0 Å². The molecule has 106 valence electrons. The molecule has 18 heavy (non-hydrogen) atoms. The first-order valence-corrected chi connectivity index (χ1v) is 6.11. The molecule has 1 heterocycles. The van der Waals surface area contributed by atoms with Crippen LogP contribution < -0.4 is 5.32 Å². The number of hydrogen-bond donors (Lipinski definition) is 1. The van der Waals surface area contributed by atoms with Crippen molar-refractivity contribution in [3.63, 3.8) is 0 Å². The van der Waals surface area contributed by atoms with Gasteiger partial charge in [-0.05, 0) is 46.1 Å². The van der Waals surface area contributed by atoms with Crippen LogP contribution in [0.15, 0.2) is 0 Å². The molecule has 0 bridgehead atoms. The summed E-state index contributed by atoms with van der Waals surface area (Å²) >= 11 is 0. The molecular formula is C12H20F3NO2. The molecule has 0 amide bonds. The van der Waals surface area contributed by atoms with Gasteiger partial charge in [0.25, 0.3) is 0 Å². The summed E-state index contributed by atoms with van der Waals surface area (Å²) in [5.41, 5.74) is -0.660. The van der Waals surface area contributed by atoms with Gasteiger partial charge in [0.2, 0.25) is 0 Å². The number of carbonyl (C=O) groups is 1. The van der Waals surface area contributed by atoms with E-state index in [1.54, 1.807) is 20.8 Å². The Morgan fingerprint density at radius 1 is 1.33 bits per heavy atom. The molecule has 1 aliphatic heterocycles. The summed E-state index contributed by atoms with van der Waals surface area (Å²) in [6.45, 7) is 5.44. The van der Waals surface area contributed by atoms with Crippen LogP contribution in [0.25, 0.3) is 0 Å². The van der Waals surface area contributed by atoms with Crippen LogP contribution in [0.4, 0.5) is 13.2 Å². The van der Waals surface area contributed by atoms with Crippen LogP contribution in [0.3, 0.4) is 0 Å². The molecule has 1 N–H and O–H groups in total. The molecule has 0 aromatic heterocycles. The van der Waals surface area contributed by atoms with Crippen LogP contribution in [0, 0.1) is 5.92 Å². The molecule has 0 spiro atoms. The predicted molar refractivity (Wildman–Crippen MR) is 61.0 cm³/mol. The Balaban J connectivity index is 2.60. The number of alkyl halides is 3. The van der Waals surface area contributed by atoms with Crippen molar-refractivity contribution >= 4 is 5.97 Å². The van der Waals surface area contributed by atoms with E-state index < -0.39 is 29.7 Å². The fourth-order valence-electron chi connectivity index (χ4n) is 2.16. The van der Waals surface area contributed by atoms with Gasteiger partial charge in [-0.2, -0.15) is 13.2 Å². The highest BCUT2D eigenvalue weighted by Crippen LogP contribution is 2.32. The zero-order chi connectivity index (χ0) is 14.0. The van der Waals surface area contributed by atoms with Crippen LogP contribution in [0.1, 0.15) is 40.0 Å². The van der Waals surface area contributed by atoms with E-state index in [2.05, 4.69) is 5.32 Å². The molecule has 1 aliphatic rings. The van der Waals surface area contributed by atoms with E-state index >= 15 is 0 Å². The third-order valence-electron chi connectivity index (χ3n) is 2.79. The molecule has 3 nitrogen and oxygen atoms in total. The van der Waals surface area contributed by atoms with Gasteiger partial charge in [0.1, 0.15) is 11.6 Å². The lowest BCUT2D eigenvalue weighted by Gasteiger charge is -2.34. The second-order valence-electron chi connectivity index (χ2n) is 5.67. The Kier molecular flexibility index (Phi) is 4.64. The topological polar surface area (TPSA) is 38.3 Å². The summed E-state index contributed by atoms with van der Waals surface area (Å²) < 4.78 is 43.4. The second-order valence-corrected chi connectivity index (χ2v) is 5.67. The van der Waals surface area contributed by atoms with E-state index in [9.17, 15) is 18.0 Å². The fourth-order valence-corrected chi connectivity index (χ4v) is 2.16. The highest BCUT2D eigenvalue weighted by atomic mass is 19.4. The molecule has 2 unspecified atom stereocenters. The van der Waals surface area contributed by atoms with E-state index in [4.69, 9.17) is 4.74 Å². The van der Waals surface area contributed by atoms with Crippen molar-refractivity contribution in [2.45, 2.75) is 57.9 Å². The van der Waals surface area contributed by atoms with Crippen LogP contribution >= 0.6 is 0 Å². The predicted octanol–water partition coefficient (Wildman–Crippen LogP) is 2.65. The van der Waals surface area contributed by atoms with Crippen molar-refractivity contribution in [3.05, 3.63) is 0 Å². The van der Waals surface area contributed by atoms with Crippen molar-refractivity contribution in [2.75, 3.05) is 6.54 Å². The minimum atomic E-state index is -4.31. The van der Waals surface area contributed by atoms with Gasteiger partial charge in [-0.15, -0.1) is 0 Å². The maximum Gasteiger partial charge on any atom is 0.404 e. The molecule has 2 atom stereocenters. The maximum atomic E-state index is 12.8. The first-order chi connectivity index (χ1) is 8.09. The van der Waals surface area contributed by atoms with Gasteiger partial charge < -0.3 is 10.1 Å². The van der Waals surface area contributed by atoms with Gasteiger partial charge >= 0.3 is 12.1 Å². The molecule has 1 saturated heterocycles. The minimum absolute atomic E-state index is 0.186. The third-order valence-corrected chi connectivity index (χ3v) is 2.79. The largest absolute Gasteiger partial charge is 0.460 e. The Morgan fingerprint density at radius 3 is 2.44 bits per heavy atom. The van der Waals surface area contributed by atoms with E-state index in [-0.39, 0.29) is 6.42 Å². The lowest BCUT2D eigenvalue weighted by Crippen LogP contribution is -2.51. The number of rotatable bonds is 2. The summed E-state index contributed by atoms with van der Waals surface area (Å²) in [5.74, 6) is -1.29. The van der Waals surface area contributed by atoms with Gasteiger partial charge in [0.05, 0.1) is 6.42 Å². The molecule has 0 aliphatic carbocycles. The maximum absolute atomic E-state index is 12.8. The molecule has 0 aromatic rings. The van der Waals surface area contributed by atoms with Crippen molar-refractivity contribution in [1.82, 2.24) is 5.32 Å². The van der Waals surface area contributed by atoms with Crippen molar-refractivity contribution < 1.29 is 22.7 Å². The molecule has 0 aromatic carbocycles. The number of esters is 1. The second kappa shape index (κ2) is 5.47. The third kappa shape index (κ3) is 4.84. The molecule has 0 radical (unpaired) electrons. The Bertz CT molecular complexity index is 297. The number of piperidine rings is 1.